The minimum absolute atomic E-state index is 0.0705. The van der Waals surface area contributed by atoms with Gasteiger partial charge in [-0.15, -0.1) is 0 Å². The molecule has 0 spiro atoms. The van der Waals surface area contributed by atoms with Gasteiger partial charge in [0.05, 0.1) is 10.6 Å². The second-order valence-electron chi connectivity index (χ2n) is 7.04. The lowest BCUT2D eigenvalue weighted by Crippen LogP contribution is -2.47. The van der Waals surface area contributed by atoms with Gasteiger partial charge in [0.15, 0.2) is 0 Å². The van der Waals surface area contributed by atoms with Gasteiger partial charge in [-0.3, -0.25) is 9.52 Å². The van der Waals surface area contributed by atoms with Crippen LogP contribution in [0, 0.1) is 13.8 Å². The summed E-state index contributed by atoms with van der Waals surface area (Å²) in [5.74, 6) is -0.0705. The van der Waals surface area contributed by atoms with Crippen LogP contribution in [0.25, 0.3) is 0 Å². The molecule has 0 aromatic heterocycles. The average Bonchev–Trinajstić information content (AvgIpc) is 2.64. The molecule has 6 nitrogen and oxygen atoms in total. The number of rotatable bonds is 4. The first kappa shape index (κ1) is 19.4. The maximum atomic E-state index is 12.8. The van der Waals surface area contributed by atoms with Crippen molar-refractivity contribution >= 4 is 21.6 Å². The van der Waals surface area contributed by atoms with Crippen LogP contribution in [0.2, 0.25) is 0 Å². The van der Waals surface area contributed by atoms with E-state index in [-0.39, 0.29) is 10.8 Å². The Kier molecular flexibility index (Phi) is 5.53. The first-order chi connectivity index (χ1) is 12.8. The van der Waals surface area contributed by atoms with Gasteiger partial charge in [-0.05, 0) is 50.7 Å². The van der Waals surface area contributed by atoms with Crippen molar-refractivity contribution in [1.29, 1.82) is 0 Å². The summed E-state index contributed by atoms with van der Waals surface area (Å²) >= 11 is 0. The van der Waals surface area contributed by atoms with Crippen molar-refractivity contribution < 1.29 is 13.2 Å². The van der Waals surface area contributed by atoms with Gasteiger partial charge in [-0.2, -0.15) is 0 Å². The number of piperazine rings is 1. The lowest BCUT2D eigenvalue weighted by Gasteiger charge is -2.32. The van der Waals surface area contributed by atoms with Gasteiger partial charge in [0.2, 0.25) is 0 Å². The summed E-state index contributed by atoms with van der Waals surface area (Å²) in [4.78, 5) is 17.0. The first-order valence-electron chi connectivity index (χ1n) is 8.94. The zero-order chi connectivity index (χ0) is 19.6. The fourth-order valence-electron chi connectivity index (χ4n) is 2.98. The van der Waals surface area contributed by atoms with Crippen molar-refractivity contribution in [2.75, 3.05) is 37.9 Å². The van der Waals surface area contributed by atoms with E-state index in [1.807, 2.05) is 25.8 Å². The highest BCUT2D eigenvalue weighted by molar-refractivity contribution is 7.92. The lowest BCUT2D eigenvalue weighted by atomic mass is 10.1. The molecule has 144 valence electrons. The van der Waals surface area contributed by atoms with Crippen LogP contribution in [-0.2, 0) is 10.0 Å². The molecule has 2 aromatic carbocycles. The van der Waals surface area contributed by atoms with Crippen LogP contribution < -0.4 is 4.72 Å². The molecule has 1 aliphatic rings. The number of carbonyl (C=O) groups excluding carboxylic acids is 1. The molecule has 7 heteroatoms. The van der Waals surface area contributed by atoms with Crippen LogP contribution >= 0.6 is 0 Å². The maximum absolute atomic E-state index is 12.8. The molecular weight excluding hydrogens is 362 g/mol. The molecule has 1 aliphatic heterocycles. The number of aryl methyl sites for hydroxylation is 2. The SMILES string of the molecule is Cc1ccc(S(=O)(=O)Nc2cc(C(=O)N3CCN(C)CC3)ccc2C)cc1. The summed E-state index contributed by atoms with van der Waals surface area (Å²) < 4.78 is 28.0. The molecule has 1 amide bonds. The first-order valence-corrected chi connectivity index (χ1v) is 10.4. The summed E-state index contributed by atoms with van der Waals surface area (Å²) in [5.41, 5.74) is 2.67. The van der Waals surface area contributed by atoms with Gasteiger partial charge >= 0.3 is 0 Å². The summed E-state index contributed by atoms with van der Waals surface area (Å²) in [7, 11) is -1.68. The molecule has 0 atom stereocenters. The van der Waals surface area contributed by atoms with Gasteiger partial charge in [0, 0.05) is 31.7 Å². The van der Waals surface area contributed by atoms with E-state index >= 15 is 0 Å². The van der Waals surface area contributed by atoms with E-state index in [4.69, 9.17) is 0 Å². The minimum Gasteiger partial charge on any atom is -0.336 e. The topological polar surface area (TPSA) is 69.7 Å². The molecular formula is C20H25N3O3S. The fraction of sp³-hybridized carbons (Fsp3) is 0.350. The number of amides is 1. The molecule has 27 heavy (non-hydrogen) atoms. The smallest absolute Gasteiger partial charge is 0.261 e. The Bertz CT molecular complexity index is 931. The van der Waals surface area contributed by atoms with E-state index in [0.717, 1.165) is 24.2 Å². The number of likely N-dealkylation sites (N-methyl/N-ethyl adjacent to an activating group) is 1. The van der Waals surface area contributed by atoms with Crippen LogP contribution in [0.1, 0.15) is 21.5 Å². The maximum Gasteiger partial charge on any atom is 0.261 e. The number of benzene rings is 2. The quantitative estimate of drug-likeness (QED) is 0.875. The molecule has 0 unspecified atom stereocenters. The zero-order valence-electron chi connectivity index (χ0n) is 15.9. The van der Waals surface area contributed by atoms with Crippen molar-refractivity contribution in [2.24, 2.45) is 0 Å². The van der Waals surface area contributed by atoms with Crippen LogP contribution in [0.4, 0.5) is 5.69 Å². The molecule has 1 fully saturated rings. The summed E-state index contributed by atoms with van der Waals surface area (Å²) in [6.45, 7) is 6.74. The van der Waals surface area contributed by atoms with E-state index < -0.39 is 10.0 Å². The van der Waals surface area contributed by atoms with Crippen molar-refractivity contribution in [2.45, 2.75) is 18.7 Å². The monoisotopic (exact) mass is 387 g/mol. The molecule has 0 radical (unpaired) electrons. The zero-order valence-corrected chi connectivity index (χ0v) is 16.7. The Morgan fingerprint density at radius 2 is 1.59 bits per heavy atom. The fourth-order valence-corrected chi connectivity index (χ4v) is 4.10. The third-order valence-corrected chi connectivity index (χ3v) is 6.23. The number of nitrogens with zero attached hydrogens (tertiary/aromatic N) is 2. The molecule has 3 rings (SSSR count). The van der Waals surface area contributed by atoms with Crippen LogP contribution in [-0.4, -0.2) is 57.4 Å². The Morgan fingerprint density at radius 3 is 2.22 bits per heavy atom. The Balaban J connectivity index is 1.83. The van der Waals surface area contributed by atoms with Crippen molar-refractivity contribution in [3.05, 3.63) is 59.2 Å². The highest BCUT2D eigenvalue weighted by atomic mass is 32.2. The standard InChI is InChI=1S/C20H25N3O3S/c1-15-4-8-18(9-5-15)27(25,26)21-19-14-17(7-6-16(19)2)20(24)23-12-10-22(3)11-13-23/h4-9,14,21H,10-13H2,1-3H3. The van der Waals surface area contributed by atoms with Gasteiger partial charge < -0.3 is 9.80 Å². The molecule has 0 aliphatic carbocycles. The molecule has 0 bridgehead atoms. The van der Waals surface area contributed by atoms with Crippen molar-refractivity contribution in [3.63, 3.8) is 0 Å². The third kappa shape index (κ3) is 4.48. The number of anilines is 1. The summed E-state index contributed by atoms with van der Waals surface area (Å²) in [5, 5.41) is 0. The van der Waals surface area contributed by atoms with Crippen molar-refractivity contribution in [3.8, 4) is 0 Å². The number of sulfonamides is 1. The minimum atomic E-state index is -3.71. The average molecular weight is 388 g/mol. The Morgan fingerprint density at radius 1 is 0.963 bits per heavy atom. The Hall–Kier alpha value is -2.38. The van der Waals surface area contributed by atoms with Gasteiger partial charge in [0.25, 0.3) is 15.9 Å². The molecule has 1 saturated heterocycles. The number of hydrogen-bond donors (Lipinski definition) is 1. The summed E-state index contributed by atoms with van der Waals surface area (Å²) in [6.07, 6.45) is 0. The van der Waals surface area contributed by atoms with E-state index in [2.05, 4.69) is 9.62 Å². The van der Waals surface area contributed by atoms with Crippen LogP contribution in [0.5, 0.6) is 0 Å². The van der Waals surface area contributed by atoms with Crippen LogP contribution in [0.15, 0.2) is 47.4 Å². The summed E-state index contributed by atoms with van der Waals surface area (Å²) in [6, 6.07) is 11.8. The lowest BCUT2D eigenvalue weighted by molar-refractivity contribution is 0.0664. The number of carbonyl (C=O) groups is 1. The number of nitrogens with one attached hydrogen (secondary N) is 1. The highest BCUT2D eigenvalue weighted by Crippen LogP contribution is 2.22. The molecule has 0 saturated carbocycles. The van der Waals surface area contributed by atoms with Crippen LogP contribution in [0.3, 0.4) is 0 Å². The predicted octanol–water partition coefficient (Wildman–Crippen LogP) is 2.49. The highest BCUT2D eigenvalue weighted by Gasteiger charge is 2.22. The van der Waals surface area contributed by atoms with Gasteiger partial charge in [-0.1, -0.05) is 23.8 Å². The Labute approximate surface area is 160 Å². The second kappa shape index (κ2) is 7.70. The van der Waals surface area contributed by atoms with E-state index in [9.17, 15) is 13.2 Å². The van der Waals surface area contributed by atoms with E-state index in [0.29, 0.717) is 24.3 Å². The molecule has 1 heterocycles. The van der Waals surface area contributed by atoms with Gasteiger partial charge in [0.1, 0.15) is 0 Å². The van der Waals surface area contributed by atoms with E-state index in [1.54, 1.807) is 42.5 Å². The predicted molar refractivity (Wildman–Crippen MR) is 107 cm³/mol. The molecule has 2 aromatic rings. The normalized spacial score (nSPS) is 15.6. The largest absolute Gasteiger partial charge is 0.336 e. The van der Waals surface area contributed by atoms with Crippen molar-refractivity contribution in [1.82, 2.24) is 9.80 Å². The van der Waals surface area contributed by atoms with Gasteiger partial charge in [-0.25, -0.2) is 8.42 Å². The van der Waals surface area contributed by atoms with E-state index in [1.165, 1.54) is 0 Å². The third-order valence-electron chi connectivity index (χ3n) is 4.85. The molecule has 1 N–H and O–H groups in total. The second-order valence-corrected chi connectivity index (χ2v) is 8.73. The number of hydrogen-bond acceptors (Lipinski definition) is 4.